The van der Waals surface area contributed by atoms with E-state index in [1.165, 1.54) is 6.92 Å². The predicted octanol–water partition coefficient (Wildman–Crippen LogP) is -4.06. The minimum absolute atomic E-state index is 0.0398. The molecule has 0 heterocycles. The number of aliphatic hydroxyl groups is 2. The summed E-state index contributed by atoms with van der Waals surface area (Å²) in [5.74, 6) is -4.38. The molecule has 0 radical (unpaired) electrons. The number of amides is 3. The summed E-state index contributed by atoms with van der Waals surface area (Å²) in [6.07, 6.45) is -0.896. The quantitative estimate of drug-likeness (QED) is 0.0686. The van der Waals surface area contributed by atoms with Crippen LogP contribution in [0.15, 0.2) is 4.99 Å². The Morgan fingerprint density at radius 2 is 1.47 bits per heavy atom. The number of guanidine groups is 1. The zero-order valence-corrected chi connectivity index (χ0v) is 18.4. The Labute approximate surface area is 186 Å². The summed E-state index contributed by atoms with van der Waals surface area (Å²) in [5.41, 5.74) is 16.0. The Hall–Kier alpha value is -2.97. The molecule has 0 bridgehead atoms. The summed E-state index contributed by atoms with van der Waals surface area (Å²) in [5, 5.41) is 35.1. The Bertz CT molecular complexity index is 681. The Balaban J connectivity index is 5.39. The van der Waals surface area contributed by atoms with Crippen LogP contribution in [0.5, 0.6) is 0 Å². The van der Waals surface area contributed by atoms with Crippen LogP contribution in [0.4, 0.5) is 0 Å². The van der Waals surface area contributed by atoms with Gasteiger partial charge in [0.05, 0.1) is 12.7 Å². The Morgan fingerprint density at radius 3 is 1.91 bits per heavy atom. The van der Waals surface area contributed by atoms with Gasteiger partial charge in [0.25, 0.3) is 0 Å². The number of rotatable bonds is 14. The molecule has 0 saturated carbocycles. The molecule has 5 unspecified atom stereocenters. The number of carboxylic acids is 1. The first-order valence-corrected chi connectivity index (χ1v) is 10.1. The van der Waals surface area contributed by atoms with Gasteiger partial charge in [-0.3, -0.25) is 19.4 Å². The van der Waals surface area contributed by atoms with Gasteiger partial charge in [0, 0.05) is 6.54 Å². The van der Waals surface area contributed by atoms with Crippen molar-refractivity contribution in [1.82, 2.24) is 16.0 Å². The molecule has 14 nitrogen and oxygen atoms in total. The second kappa shape index (κ2) is 14.2. The average Bonchev–Trinajstić information content (AvgIpc) is 2.70. The minimum Gasteiger partial charge on any atom is -0.480 e. The summed E-state index contributed by atoms with van der Waals surface area (Å²) in [6, 6.07) is -5.19. The third kappa shape index (κ3) is 10.4. The van der Waals surface area contributed by atoms with Crippen molar-refractivity contribution in [3.63, 3.8) is 0 Å². The summed E-state index contributed by atoms with van der Waals surface area (Å²) in [7, 11) is 0. The lowest BCUT2D eigenvalue weighted by Gasteiger charge is -2.25. The number of carboxylic acid groups (broad SMARTS) is 1. The van der Waals surface area contributed by atoms with Crippen molar-refractivity contribution in [1.29, 1.82) is 0 Å². The summed E-state index contributed by atoms with van der Waals surface area (Å²) in [6.45, 7) is 3.83. The second-order valence-corrected chi connectivity index (χ2v) is 7.59. The molecule has 14 heteroatoms. The van der Waals surface area contributed by atoms with Crippen LogP contribution in [0.3, 0.4) is 0 Å². The molecule has 0 aromatic rings. The van der Waals surface area contributed by atoms with Crippen LogP contribution in [-0.2, 0) is 19.2 Å². The SMILES string of the molecule is CC(C)C(NC(=O)C(CCCN=C(N)N)NC(=O)C(CO)NC(=O)C(N)C(C)O)C(=O)O. The normalized spacial score (nSPS) is 15.6. The highest BCUT2D eigenvalue weighted by molar-refractivity contribution is 5.94. The van der Waals surface area contributed by atoms with Crippen molar-refractivity contribution in [2.24, 2.45) is 28.1 Å². The van der Waals surface area contributed by atoms with Crippen LogP contribution < -0.4 is 33.2 Å². The monoisotopic (exact) mass is 461 g/mol. The molecule has 32 heavy (non-hydrogen) atoms. The van der Waals surface area contributed by atoms with Crippen LogP contribution in [0.25, 0.3) is 0 Å². The van der Waals surface area contributed by atoms with E-state index in [9.17, 15) is 34.5 Å². The second-order valence-electron chi connectivity index (χ2n) is 7.59. The van der Waals surface area contributed by atoms with E-state index in [1.807, 2.05) is 0 Å². The van der Waals surface area contributed by atoms with Gasteiger partial charge in [-0.05, 0) is 25.7 Å². The highest BCUT2D eigenvalue weighted by atomic mass is 16.4. The van der Waals surface area contributed by atoms with E-state index in [-0.39, 0.29) is 25.3 Å². The molecule has 0 aliphatic rings. The molecular weight excluding hydrogens is 426 g/mol. The van der Waals surface area contributed by atoms with Gasteiger partial charge in [-0.1, -0.05) is 13.8 Å². The lowest BCUT2D eigenvalue weighted by atomic mass is 10.0. The lowest BCUT2D eigenvalue weighted by molar-refractivity contribution is -0.143. The van der Waals surface area contributed by atoms with Crippen LogP contribution in [0.2, 0.25) is 0 Å². The molecule has 12 N–H and O–H groups in total. The molecule has 0 aromatic heterocycles. The van der Waals surface area contributed by atoms with Crippen molar-refractivity contribution in [3.8, 4) is 0 Å². The van der Waals surface area contributed by atoms with E-state index in [2.05, 4.69) is 20.9 Å². The zero-order valence-electron chi connectivity index (χ0n) is 18.4. The van der Waals surface area contributed by atoms with Gasteiger partial charge in [-0.15, -0.1) is 0 Å². The third-order valence-corrected chi connectivity index (χ3v) is 4.45. The van der Waals surface area contributed by atoms with Crippen LogP contribution in [0.1, 0.15) is 33.6 Å². The summed E-state index contributed by atoms with van der Waals surface area (Å²) in [4.78, 5) is 52.4. The van der Waals surface area contributed by atoms with Crippen molar-refractivity contribution in [3.05, 3.63) is 0 Å². The van der Waals surface area contributed by atoms with Gasteiger partial charge >= 0.3 is 5.97 Å². The fourth-order valence-electron chi connectivity index (χ4n) is 2.49. The maximum atomic E-state index is 12.7. The van der Waals surface area contributed by atoms with Gasteiger partial charge in [-0.2, -0.15) is 0 Å². The highest BCUT2D eigenvalue weighted by Crippen LogP contribution is 2.05. The molecule has 5 atom stereocenters. The van der Waals surface area contributed by atoms with E-state index < -0.39 is 66.5 Å². The number of aliphatic hydroxyl groups excluding tert-OH is 2. The van der Waals surface area contributed by atoms with Gasteiger partial charge in [0.1, 0.15) is 24.2 Å². The van der Waals surface area contributed by atoms with Gasteiger partial charge in [-0.25, -0.2) is 4.79 Å². The standard InChI is InChI=1S/C18H35N7O7/c1-8(2)13(17(31)32)25-14(28)10(5-4-6-22-18(20)21)23-15(29)11(7-26)24-16(30)12(19)9(3)27/h8-13,26-27H,4-7,19H2,1-3H3,(H,23,29)(H,24,30)(H,25,28)(H,31,32)(H4,20,21,22). The fraction of sp³-hybridized carbons (Fsp3) is 0.722. The van der Waals surface area contributed by atoms with E-state index in [1.54, 1.807) is 13.8 Å². The number of carbonyl (C=O) groups excluding carboxylic acids is 3. The molecule has 184 valence electrons. The lowest BCUT2D eigenvalue weighted by Crippen LogP contribution is -2.59. The van der Waals surface area contributed by atoms with Crippen molar-refractivity contribution in [2.45, 2.75) is 63.9 Å². The van der Waals surface area contributed by atoms with Gasteiger partial charge in [0.15, 0.2) is 5.96 Å². The number of nitrogens with one attached hydrogen (secondary N) is 3. The number of nitrogens with zero attached hydrogens (tertiary/aromatic N) is 1. The number of carbonyl (C=O) groups is 4. The molecule has 0 saturated heterocycles. The predicted molar refractivity (Wildman–Crippen MR) is 115 cm³/mol. The molecule has 0 spiro atoms. The molecule has 0 rings (SSSR count). The smallest absolute Gasteiger partial charge is 0.326 e. The first-order valence-electron chi connectivity index (χ1n) is 10.1. The van der Waals surface area contributed by atoms with Gasteiger partial charge < -0.3 is 48.5 Å². The Morgan fingerprint density at radius 1 is 0.938 bits per heavy atom. The van der Waals surface area contributed by atoms with Crippen LogP contribution in [0, 0.1) is 5.92 Å². The van der Waals surface area contributed by atoms with Crippen molar-refractivity contribution in [2.75, 3.05) is 13.2 Å². The maximum Gasteiger partial charge on any atom is 0.326 e. The first kappa shape index (κ1) is 29.0. The number of hydrogen-bond acceptors (Lipinski definition) is 8. The van der Waals surface area contributed by atoms with Crippen LogP contribution in [-0.4, -0.2) is 88.4 Å². The largest absolute Gasteiger partial charge is 0.480 e. The number of nitrogens with two attached hydrogens (primary N) is 3. The molecule has 3 amide bonds. The topological polar surface area (TPSA) is 255 Å². The summed E-state index contributed by atoms with van der Waals surface area (Å²) >= 11 is 0. The molecular formula is C18H35N7O7. The molecule has 0 fully saturated rings. The van der Waals surface area contributed by atoms with Crippen LogP contribution >= 0.6 is 0 Å². The highest BCUT2D eigenvalue weighted by Gasteiger charge is 2.31. The summed E-state index contributed by atoms with van der Waals surface area (Å²) < 4.78 is 0. The average molecular weight is 462 g/mol. The van der Waals surface area contributed by atoms with E-state index in [0.29, 0.717) is 0 Å². The van der Waals surface area contributed by atoms with E-state index in [4.69, 9.17) is 17.2 Å². The Kier molecular flexibility index (Phi) is 12.8. The fourth-order valence-corrected chi connectivity index (χ4v) is 2.49. The number of hydrogen-bond donors (Lipinski definition) is 9. The zero-order chi connectivity index (χ0) is 25.0. The number of aliphatic imine (C=N–C) groups is 1. The van der Waals surface area contributed by atoms with Crippen molar-refractivity contribution >= 4 is 29.7 Å². The van der Waals surface area contributed by atoms with Gasteiger partial charge in [0.2, 0.25) is 17.7 Å². The minimum atomic E-state index is -1.46. The molecule has 0 aliphatic carbocycles. The molecule has 0 aliphatic heterocycles. The van der Waals surface area contributed by atoms with Crippen molar-refractivity contribution < 1.29 is 34.5 Å². The third-order valence-electron chi connectivity index (χ3n) is 4.45. The maximum absolute atomic E-state index is 12.7. The first-order chi connectivity index (χ1) is 14.8. The van der Waals surface area contributed by atoms with E-state index >= 15 is 0 Å². The number of aliphatic carboxylic acids is 1. The van der Waals surface area contributed by atoms with E-state index in [0.717, 1.165) is 0 Å². The molecule has 0 aromatic carbocycles.